The van der Waals surface area contributed by atoms with Gasteiger partial charge in [-0.05, 0) is 157 Å². The highest BCUT2D eigenvalue weighted by atomic mass is 15.2. The van der Waals surface area contributed by atoms with E-state index < -0.39 is 0 Å². The van der Waals surface area contributed by atoms with Gasteiger partial charge in [0.1, 0.15) is 0 Å². The molecule has 4 nitrogen and oxygen atoms in total. The summed E-state index contributed by atoms with van der Waals surface area (Å²) in [6.07, 6.45) is 4.36. The molecule has 0 saturated carbocycles. The standard InChI is InChI=1S/C62H48N4/c1-7-19-51(20-8-1)63(52-21-9-2-10-22-52)57-37-33-49(34-38-57)31-32-50-35-39-58(40-36-50)66(61-45-41-59(42-46-61)64(53-23-11-3-12-24-53)54-25-13-4-14-26-54)62-47-43-60(44-48-62)65(55-27-15-5-16-28-55)56-29-17-6-18-30-56/h1-48H/b32-31+. The van der Waals surface area contributed by atoms with Crippen LogP contribution in [-0.4, -0.2) is 0 Å². The minimum absolute atomic E-state index is 1.05. The summed E-state index contributed by atoms with van der Waals surface area (Å²) >= 11 is 0. The molecule has 0 aromatic heterocycles. The van der Waals surface area contributed by atoms with E-state index in [9.17, 15) is 0 Å². The smallest absolute Gasteiger partial charge is 0.0463 e. The fourth-order valence-electron chi connectivity index (χ4n) is 8.41. The molecule has 0 aliphatic heterocycles. The monoisotopic (exact) mass is 848 g/mol. The van der Waals surface area contributed by atoms with Crippen LogP contribution in [0.2, 0.25) is 0 Å². The molecular formula is C62H48N4. The minimum atomic E-state index is 1.05. The Morgan fingerprint density at radius 3 is 0.455 bits per heavy atom. The Morgan fingerprint density at radius 2 is 0.288 bits per heavy atom. The van der Waals surface area contributed by atoms with Crippen LogP contribution < -0.4 is 19.6 Å². The first-order valence-corrected chi connectivity index (χ1v) is 22.3. The van der Waals surface area contributed by atoms with Crippen LogP contribution in [-0.2, 0) is 0 Å². The number of hydrogen-bond donors (Lipinski definition) is 0. The summed E-state index contributed by atoms with van der Waals surface area (Å²) in [5.74, 6) is 0. The average Bonchev–Trinajstić information content (AvgIpc) is 3.40. The van der Waals surface area contributed by atoms with E-state index in [1.54, 1.807) is 0 Å². The molecule has 10 aromatic carbocycles. The van der Waals surface area contributed by atoms with E-state index in [1.165, 1.54) is 0 Å². The van der Waals surface area contributed by atoms with Crippen molar-refractivity contribution in [2.24, 2.45) is 0 Å². The van der Waals surface area contributed by atoms with Gasteiger partial charge in [-0.2, -0.15) is 0 Å². The van der Waals surface area contributed by atoms with Crippen molar-refractivity contribution in [3.05, 3.63) is 290 Å². The van der Waals surface area contributed by atoms with Crippen LogP contribution in [0.3, 0.4) is 0 Å². The number of nitrogens with zero attached hydrogens (tertiary/aromatic N) is 4. The van der Waals surface area contributed by atoms with Crippen molar-refractivity contribution in [2.45, 2.75) is 0 Å². The second kappa shape index (κ2) is 19.7. The third-order valence-corrected chi connectivity index (χ3v) is 11.6. The van der Waals surface area contributed by atoms with Crippen molar-refractivity contribution in [1.82, 2.24) is 0 Å². The van der Waals surface area contributed by atoms with Gasteiger partial charge in [0.25, 0.3) is 0 Å². The fourth-order valence-corrected chi connectivity index (χ4v) is 8.41. The Hall–Kier alpha value is -8.86. The van der Waals surface area contributed by atoms with Crippen molar-refractivity contribution in [3.8, 4) is 0 Å². The van der Waals surface area contributed by atoms with Gasteiger partial charge in [-0.25, -0.2) is 0 Å². The molecule has 0 aliphatic carbocycles. The molecule has 10 aromatic rings. The lowest BCUT2D eigenvalue weighted by atomic mass is 10.1. The molecule has 0 unspecified atom stereocenters. The maximum Gasteiger partial charge on any atom is 0.0463 e. The van der Waals surface area contributed by atoms with Gasteiger partial charge in [-0.3, -0.25) is 0 Å². The van der Waals surface area contributed by atoms with Crippen LogP contribution in [0.15, 0.2) is 279 Å². The summed E-state index contributed by atoms with van der Waals surface area (Å²) in [7, 11) is 0. The maximum atomic E-state index is 2.33. The normalized spacial score (nSPS) is 11.0. The topological polar surface area (TPSA) is 13.0 Å². The molecule has 0 heterocycles. The number of anilines is 12. The molecule has 0 saturated heterocycles. The molecule has 0 fully saturated rings. The predicted octanol–water partition coefficient (Wildman–Crippen LogP) is 17.7. The quantitative estimate of drug-likeness (QED) is 0.101. The molecule has 66 heavy (non-hydrogen) atoms. The van der Waals surface area contributed by atoms with Crippen molar-refractivity contribution in [1.29, 1.82) is 0 Å². The van der Waals surface area contributed by atoms with Crippen LogP contribution >= 0.6 is 0 Å². The molecule has 0 spiro atoms. The molecule has 0 atom stereocenters. The summed E-state index contributed by atoms with van der Waals surface area (Å²) in [5.41, 5.74) is 15.3. The molecule has 0 radical (unpaired) electrons. The van der Waals surface area contributed by atoms with Crippen molar-refractivity contribution in [3.63, 3.8) is 0 Å². The third-order valence-electron chi connectivity index (χ3n) is 11.6. The van der Waals surface area contributed by atoms with Gasteiger partial charge in [0, 0.05) is 68.2 Å². The SMILES string of the molecule is C(=C\c1ccc(N(c2ccc(N(c3ccccc3)c3ccccc3)cc2)c2ccc(N(c3ccccc3)c3ccccc3)cc2)cc1)/c1ccc(N(c2ccccc2)c2ccccc2)cc1. The zero-order valence-corrected chi connectivity index (χ0v) is 36.5. The van der Waals surface area contributed by atoms with Crippen LogP contribution in [0.4, 0.5) is 68.2 Å². The van der Waals surface area contributed by atoms with Crippen LogP contribution in [0, 0.1) is 0 Å². The fraction of sp³-hybridized carbons (Fsp3) is 0. The van der Waals surface area contributed by atoms with Gasteiger partial charge in [0.2, 0.25) is 0 Å². The van der Waals surface area contributed by atoms with Crippen LogP contribution in [0.25, 0.3) is 12.2 Å². The summed E-state index contributed by atoms with van der Waals surface area (Å²) in [6.45, 7) is 0. The Bertz CT molecular complexity index is 2830. The van der Waals surface area contributed by atoms with Crippen LogP contribution in [0.1, 0.15) is 11.1 Å². The Labute approximate surface area is 388 Å². The van der Waals surface area contributed by atoms with E-state index in [2.05, 4.69) is 311 Å². The largest absolute Gasteiger partial charge is 0.311 e. The van der Waals surface area contributed by atoms with E-state index in [0.717, 1.165) is 79.4 Å². The molecule has 10 rings (SSSR count). The number of rotatable bonds is 14. The molecule has 0 bridgehead atoms. The van der Waals surface area contributed by atoms with Gasteiger partial charge >= 0.3 is 0 Å². The predicted molar refractivity (Wildman–Crippen MR) is 281 cm³/mol. The molecule has 316 valence electrons. The zero-order valence-electron chi connectivity index (χ0n) is 36.5. The first-order chi connectivity index (χ1) is 32.7. The summed E-state index contributed by atoms with van der Waals surface area (Å²) in [4.78, 5) is 9.20. The summed E-state index contributed by atoms with van der Waals surface area (Å²) < 4.78 is 0. The van der Waals surface area contributed by atoms with Gasteiger partial charge in [0.05, 0.1) is 0 Å². The van der Waals surface area contributed by atoms with E-state index in [1.807, 2.05) is 0 Å². The van der Waals surface area contributed by atoms with E-state index in [0.29, 0.717) is 0 Å². The minimum Gasteiger partial charge on any atom is -0.311 e. The Kier molecular flexibility index (Phi) is 12.3. The van der Waals surface area contributed by atoms with Crippen molar-refractivity contribution < 1.29 is 0 Å². The first-order valence-electron chi connectivity index (χ1n) is 22.3. The van der Waals surface area contributed by atoms with Gasteiger partial charge in [-0.15, -0.1) is 0 Å². The van der Waals surface area contributed by atoms with Gasteiger partial charge < -0.3 is 19.6 Å². The molecular weight excluding hydrogens is 801 g/mol. The van der Waals surface area contributed by atoms with Crippen LogP contribution in [0.5, 0.6) is 0 Å². The van der Waals surface area contributed by atoms with E-state index in [-0.39, 0.29) is 0 Å². The molecule has 0 N–H and O–H groups in total. The third kappa shape index (κ3) is 9.26. The Morgan fingerprint density at radius 1 is 0.152 bits per heavy atom. The van der Waals surface area contributed by atoms with Gasteiger partial charge in [0.15, 0.2) is 0 Å². The lowest BCUT2D eigenvalue weighted by Gasteiger charge is -2.29. The zero-order chi connectivity index (χ0) is 44.3. The average molecular weight is 849 g/mol. The molecule has 4 heteroatoms. The van der Waals surface area contributed by atoms with E-state index >= 15 is 0 Å². The lowest BCUT2D eigenvalue weighted by Crippen LogP contribution is -2.13. The van der Waals surface area contributed by atoms with E-state index in [4.69, 9.17) is 0 Å². The lowest BCUT2D eigenvalue weighted by molar-refractivity contribution is 1.24. The highest BCUT2D eigenvalue weighted by Crippen LogP contribution is 2.41. The van der Waals surface area contributed by atoms with Crippen molar-refractivity contribution in [2.75, 3.05) is 19.6 Å². The number of hydrogen-bond acceptors (Lipinski definition) is 4. The van der Waals surface area contributed by atoms with Gasteiger partial charge in [-0.1, -0.05) is 146 Å². The van der Waals surface area contributed by atoms with Crippen molar-refractivity contribution >= 4 is 80.4 Å². The molecule has 0 aliphatic rings. The first kappa shape index (κ1) is 41.2. The maximum absolute atomic E-state index is 2.33. The Balaban J connectivity index is 0.965. The highest BCUT2D eigenvalue weighted by Gasteiger charge is 2.18. The highest BCUT2D eigenvalue weighted by molar-refractivity contribution is 5.84. The number of para-hydroxylation sites is 6. The number of benzene rings is 10. The summed E-state index contributed by atoms with van der Waals surface area (Å²) in [5, 5.41) is 0. The summed E-state index contributed by atoms with van der Waals surface area (Å²) in [6, 6.07) is 98.4. The second-order valence-corrected chi connectivity index (χ2v) is 15.9. The molecule has 0 amide bonds. The second-order valence-electron chi connectivity index (χ2n) is 15.9.